The molecule has 0 atom stereocenters. The highest BCUT2D eigenvalue weighted by Crippen LogP contribution is 2.25. The van der Waals surface area contributed by atoms with Gasteiger partial charge in [0.1, 0.15) is 10.7 Å². The standard InChI is InChI=1S/C11H15N3O2S/c1-3-13-11(15)14-8-5-4-7(10(12)17)6-9(8)16-2/h4-6H,3H2,1-2H3,(H2,12,17)(H2,13,14,15). The van der Waals surface area contributed by atoms with Crippen LogP contribution in [-0.2, 0) is 0 Å². The molecule has 0 spiro atoms. The fourth-order valence-corrected chi connectivity index (χ4v) is 1.40. The molecule has 4 N–H and O–H groups in total. The molecule has 2 amide bonds. The summed E-state index contributed by atoms with van der Waals surface area (Å²) in [4.78, 5) is 11.7. The number of benzene rings is 1. The fraction of sp³-hybridized carbons (Fsp3) is 0.273. The second-order valence-corrected chi connectivity index (χ2v) is 3.70. The minimum atomic E-state index is -0.283. The number of anilines is 1. The van der Waals surface area contributed by atoms with E-state index >= 15 is 0 Å². The van der Waals surface area contributed by atoms with E-state index in [-0.39, 0.29) is 11.0 Å². The third-order valence-electron chi connectivity index (χ3n) is 2.07. The first-order valence-electron chi connectivity index (χ1n) is 5.11. The monoisotopic (exact) mass is 253 g/mol. The van der Waals surface area contributed by atoms with Crippen molar-refractivity contribution in [3.8, 4) is 5.75 Å². The molecular formula is C11H15N3O2S. The molecule has 0 aliphatic heterocycles. The van der Waals surface area contributed by atoms with Crippen LogP contribution in [0.1, 0.15) is 12.5 Å². The van der Waals surface area contributed by atoms with Crippen LogP contribution in [0.25, 0.3) is 0 Å². The van der Waals surface area contributed by atoms with Gasteiger partial charge in [-0.3, -0.25) is 0 Å². The second kappa shape index (κ2) is 6.05. The van der Waals surface area contributed by atoms with Gasteiger partial charge >= 0.3 is 6.03 Å². The Balaban J connectivity index is 2.92. The predicted octanol–water partition coefficient (Wildman–Crippen LogP) is 1.47. The smallest absolute Gasteiger partial charge is 0.319 e. The van der Waals surface area contributed by atoms with Gasteiger partial charge in [-0.25, -0.2) is 4.79 Å². The molecular weight excluding hydrogens is 238 g/mol. The molecule has 0 saturated carbocycles. The number of ether oxygens (including phenoxy) is 1. The number of nitrogens with two attached hydrogens (primary N) is 1. The molecule has 0 saturated heterocycles. The average molecular weight is 253 g/mol. The maximum Gasteiger partial charge on any atom is 0.319 e. The van der Waals surface area contributed by atoms with E-state index in [1.165, 1.54) is 7.11 Å². The Kier molecular flexibility index (Phi) is 4.71. The number of thiocarbonyl (C=S) groups is 1. The van der Waals surface area contributed by atoms with E-state index in [9.17, 15) is 4.79 Å². The van der Waals surface area contributed by atoms with E-state index in [1.54, 1.807) is 18.2 Å². The van der Waals surface area contributed by atoms with Crippen LogP contribution in [0.5, 0.6) is 5.75 Å². The Morgan fingerprint density at radius 3 is 2.76 bits per heavy atom. The largest absolute Gasteiger partial charge is 0.495 e. The van der Waals surface area contributed by atoms with Crippen LogP contribution in [0, 0.1) is 0 Å². The van der Waals surface area contributed by atoms with Crippen LogP contribution in [0.2, 0.25) is 0 Å². The molecule has 0 unspecified atom stereocenters. The van der Waals surface area contributed by atoms with Gasteiger partial charge in [-0.05, 0) is 25.1 Å². The second-order valence-electron chi connectivity index (χ2n) is 3.26. The predicted molar refractivity (Wildman–Crippen MR) is 71.6 cm³/mol. The summed E-state index contributed by atoms with van der Waals surface area (Å²) < 4.78 is 5.16. The van der Waals surface area contributed by atoms with E-state index in [1.807, 2.05) is 6.92 Å². The number of urea groups is 1. The van der Waals surface area contributed by atoms with Crippen molar-refractivity contribution in [1.29, 1.82) is 0 Å². The van der Waals surface area contributed by atoms with E-state index in [4.69, 9.17) is 22.7 Å². The number of nitrogens with one attached hydrogen (secondary N) is 2. The zero-order chi connectivity index (χ0) is 12.8. The molecule has 0 bridgehead atoms. The lowest BCUT2D eigenvalue weighted by atomic mass is 10.2. The summed E-state index contributed by atoms with van der Waals surface area (Å²) in [5.74, 6) is 0.515. The van der Waals surface area contributed by atoms with E-state index in [2.05, 4.69) is 10.6 Å². The van der Waals surface area contributed by atoms with Gasteiger partial charge in [-0.2, -0.15) is 0 Å². The van der Waals surface area contributed by atoms with Gasteiger partial charge in [-0.1, -0.05) is 12.2 Å². The van der Waals surface area contributed by atoms with Crippen molar-refractivity contribution in [1.82, 2.24) is 5.32 Å². The molecule has 0 aromatic heterocycles. The van der Waals surface area contributed by atoms with Gasteiger partial charge in [0.15, 0.2) is 0 Å². The summed E-state index contributed by atoms with van der Waals surface area (Å²) in [6.45, 7) is 2.39. The van der Waals surface area contributed by atoms with Gasteiger partial charge < -0.3 is 21.1 Å². The molecule has 92 valence electrons. The van der Waals surface area contributed by atoms with E-state index in [0.29, 0.717) is 23.5 Å². The van der Waals surface area contributed by atoms with Crippen molar-refractivity contribution in [2.75, 3.05) is 19.0 Å². The van der Waals surface area contributed by atoms with E-state index in [0.717, 1.165) is 0 Å². The minimum absolute atomic E-state index is 0.283. The van der Waals surface area contributed by atoms with Crippen LogP contribution in [0.15, 0.2) is 18.2 Å². The Bertz CT molecular complexity index is 435. The highest BCUT2D eigenvalue weighted by atomic mass is 32.1. The molecule has 1 aromatic rings. The van der Waals surface area contributed by atoms with Crippen molar-refractivity contribution >= 4 is 28.9 Å². The zero-order valence-electron chi connectivity index (χ0n) is 9.74. The lowest BCUT2D eigenvalue weighted by Crippen LogP contribution is -2.28. The maximum atomic E-state index is 11.4. The molecule has 1 rings (SSSR count). The Hall–Kier alpha value is -1.82. The van der Waals surface area contributed by atoms with Crippen molar-refractivity contribution in [2.24, 2.45) is 5.73 Å². The Labute approximate surface area is 105 Å². The molecule has 5 nitrogen and oxygen atoms in total. The summed E-state index contributed by atoms with van der Waals surface area (Å²) >= 11 is 4.86. The molecule has 17 heavy (non-hydrogen) atoms. The number of carbonyl (C=O) groups excluding carboxylic acids is 1. The number of rotatable bonds is 4. The third-order valence-corrected chi connectivity index (χ3v) is 2.31. The Morgan fingerprint density at radius 1 is 1.53 bits per heavy atom. The van der Waals surface area contributed by atoms with Gasteiger partial charge in [0, 0.05) is 12.1 Å². The first-order chi connectivity index (χ1) is 8.08. The fourth-order valence-electron chi connectivity index (χ4n) is 1.27. The molecule has 6 heteroatoms. The number of methoxy groups -OCH3 is 1. The molecule has 0 fully saturated rings. The number of hydrogen-bond acceptors (Lipinski definition) is 3. The number of amides is 2. The van der Waals surface area contributed by atoms with Crippen LogP contribution in [0.4, 0.5) is 10.5 Å². The van der Waals surface area contributed by atoms with Crippen molar-refractivity contribution < 1.29 is 9.53 Å². The van der Waals surface area contributed by atoms with Crippen LogP contribution >= 0.6 is 12.2 Å². The van der Waals surface area contributed by atoms with Crippen molar-refractivity contribution in [3.05, 3.63) is 23.8 Å². The maximum absolute atomic E-state index is 11.4. The molecule has 0 aliphatic rings. The number of hydrogen-bond donors (Lipinski definition) is 3. The normalized spacial score (nSPS) is 9.53. The highest BCUT2D eigenvalue weighted by Gasteiger charge is 2.08. The van der Waals surface area contributed by atoms with Gasteiger partial charge in [0.2, 0.25) is 0 Å². The molecule has 0 aliphatic carbocycles. The molecule has 0 heterocycles. The van der Waals surface area contributed by atoms with Gasteiger partial charge in [-0.15, -0.1) is 0 Å². The Morgan fingerprint density at radius 2 is 2.24 bits per heavy atom. The summed E-state index contributed by atoms with van der Waals surface area (Å²) in [5.41, 5.74) is 6.77. The van der Waals surface area contributed by atoms with Crippen LogP contribution < -0.4 is 21.1 Å². The van der Waals surface area contributed by atoms with Gasteiger partial charge in [0.25, 0.3) is 0 Å². The average Bonchev–Trinajstić information content (AvgIpc) is 2.29. The molecule has 0 radical (unpaired) electrons. The lowest BCUT2D eigenvalue weighted by molar-refractivity contribution is 0.252. The van der Waals surface area contributed by atoms with Crippen molar-refractivity contribution in [2.45, 2.75) is 6.92 Å². The quantitative estimate of drug-likeness (QED) is 0.710. The highest BCUT2D eigenvalue weighted by molar-refractivity contribution is 7.80. The van der Waals surface area contributed by atoms with Crippen molar-refractivity contribution in [3.63, 3.8) is 0 Å². The first-order valence-corrected chi connectivity index (χ1v) is 5.52. The first kappa shape index (κ1) is 13.2. The zero-order valence-corrected chi connectivity index (χ0v) is 10.6. The summed E-state index contributed by atoms with van der Waals surface area (Å²) in [6.07, 6.45) is 0. The minimum Gasteiger partial charge on any atom is -0.495 e. The van der Waals surface area contributed by atoms with Crippen LogP contribution in [0.3, 0.4) is 0 Å². The third kappa shape index (κ3) is 3.60. The SMILES string of the molecule is CCNC(=O)Nc1ccc(C(N)=S)cc1OC. The topological polar surface area (TPSA) is 76.4 Å². The summed E-state index contributed by atoms with van der Waals surface area (Å²) in [6, 6.07) is 4.83. The lowest BCUT2D eigenvalue weighted by Gasteiger charge is -2.11. The summed E-state index contributed by atoms with van der Waals surface area (Å²) in [5, 5.41) is 5.30. The number of carbonyl (C=O) groups is 1. The van der Waals surface area contributed by atoms with Crippen LogP contribution in [-0.4, -0.2) is 24.7 Å². The van der Waals surface area contributed by atoms with Gasteiger partial charge in [0.05, 0.1) is 12.8 Å². The van der Waals surface area contributed by atoms with E-state index < -0.39 is 0 Å². The summed E-state index contributed by atoms with van der Waals surface area (Å²) in [7, 11) is 1.52. The molecule has 1 aromatic carbocycles.